The zero-order chi connectivity index (χ0) is 15.1. The van der Waals surface area contributed by atoms with Gasteiger partial charge >= 0.3 is 6.03 Å². The zero-order valence-corrected chi connectivity index (χ0v) is 11.7. The minimum atomic E-state index is -0.519. The number of hydrogen-bond acceptors (Lipinski definition) is 1. The fourth-order valence-corrected chi connectivity index (χ4v) is 2.85. The lowest BCUT2D eigenvalue weighted by Gasteiger charge is -2.18. The van der Waals surface area contributed by atoms with Gasteiger partial charge in [-0.3, -0.25) is 4.90 Å². The zero-order valence-electron chi connectivity index (χ0n) is 11.7. The molecule has 0 radical (unpaired) electrons. The highest BCUT2D eigenvalue weighted by Gasteiger charge is 2.21. The maximum absolute atomic E-state index is 12.1. The van der Waals surface area contributed by atoms with Gasteiger partial charge in [0.1, 0.15) is 0 Å². The third-order valence-electron chi connectivity index (χ3n) is 3.84. The molecule has 2 aromatic carbocycles. The molecule has 0 aliphatic carbocycles. The van der Waals surface area contributed by atoms with Gasteiger partial charge in [0.15, 0.2) is 0 Å². The molecule has 22 heavy (non-hydrogen) atoms. The maximum atomic E-state index is 12.1. The number of nitrogens with two attached hydrogens (primary N) is 1. The average Bonchev–Trinajstić information content (AvgIpc) is 3.13. The summed E-state index contributed by atoms with van der Waals surface area (Å²) < 4.78 is 0. The Kier molecular flexibility index (Phi) is 2.66. The molecule has 0 fully saturated rings. The van der Waals surface area contributed by atoms with E-state index in [-0.39, 0.29) is 0 Å². The van der Waals surface area contributed by atoms with E-state index in [9.17, 15) is 4.79 Å². The molecule has 2 aromatic heterocycles. The Balaban J connectivity index is 1.97. The second-order valence-corrected chi connectivity index (χ2v) is 5.11. The number of fused-ring (bicyclic) bond motifs is 2. The minimum Gasteiger partial charge on any atom is -0.359 e. The van der Waals surface area contributed by atoms with Crippen molar-refractivity contribution in [1.82, 2.24) is 9.97 Å². The van der Waals surface area contributed by atoms with E-state index in [1.807, 2.05) is 48.5 Å². The topological polar surface area (TPSA) is 77.9 Å². The molecular formula is C17H14N4O. The summed E-state index contributed by atoms with van der Waals surface area (Å²) in [4.78, 5) is 20.0. The second kappa shape index (κ2) is 4.66. The number of aromatic nitrogens is 2. The van der Waals surface area contributed by atoms with E-state index in [2.05, 4.69) is 9.97 Å². The van der Waals surface area contributed by atoms with Gasteiger partial charge in [0.05, 0.1) is 11.4 Å². The van der Waals surface area contributed by atoms with E-state index in [0.29, 0.717) is 0 Å². The second-order valence-electron chi connectivity index (χ2n) is 5.11. The number of nitrogens with one attached hydrogen (secondary N) is 2. The SMILES string of the molecule is NC(=O)N(c1c[nH]c2ccccc12)c1c[nH]c2ccccc12. The third kappa shape index (κ3) is 1.76. The monoisotopic (exact) mass is 290 g/mol. The van der Waals surface area contributed by atoms with Crippen LogP contribution in [0.2, 0.25) is 0 Å². The van der Waals surface area contributed by atoms with Crippen LogP contribution in [0.25, 0.3) is 21.8 Å². The van der Waals surface area contributed by atoms with Crippen LogP contribution in [0.1, 0.15) is 0 Å². The van der Waals surface area contributed by atoms with Crippen molar-refractivity contribution in [3.8, 4) is 0 Å². The Hall–Kier alpha value is -3.21. The number of amides is 2. The van der Waals surface area contributed by atoms with Crippen molar-refractivity contribution in [1.29, 1.82) is 0 Å². The number of carbonyl (C=O) groups is 1. The highest BCUT2D eigenvalue weighted by atomic mass is 16.2. The van der Waals surface area contributed by atoms with Crippen LogP contribution in [-0.4, -0.2) is 16.0 Å². The lowest BCUT2D eigenvalue weighted by Crippen LogP contribution is -2.31. The summed E-state index contributed by atoms with van der Waals surface area (Å²) in [5.74, 6) is 0. The third-order valence-corrected chi connectivity index (χ3v) is 3.84. The van der Waals surface area contributed by atoms with Gasteiger partial charge in [0.25, 0.3) is 0 Å². The number of primary amides is 1. The van der Waals surface area contributed by atoms with Crippen LogP contribution < -0.4 is 10.6 Å². The van der Waals surface area contributed by atoms with Gasteiger partial charge in [0, 0.05) is 34.2 Å². The summed E-state index contributed by atoms with van der Waals surface area (Å²) in [6.45, 7) is 0. The van der Waals surface area contributed by atoms with E-state index in [0.717, 1.165) is 33.2 Å². The molecule has 0 saturated carbocycles. The fourth-order valence-electron chi connectivity index (χ4n) is 2.85. The maximum Gasteiger partial charge on any atom is 0.324 e. The molecule has 2 amide bonds. The quantitative estimate of drug-likeness (QED) is 0.515. The largest absolute Gasteiger partial charge is 0.359 e. The molecule has 0 aliphatic heterocycles. The number of carbonyl (C=O) groups excluding carboxylic acids is 1. The number of aromatic amines is 2. The molecule has 4 rings (SSSR count). The highest BCUT2D eigenvalue weighted by molar-refractivity contribution is 6.11. The number of hydrogen-bond donors (Lipinski definition) is 3. The Bertz CT molecular complexity index is 908. The van der Waals surface area contributed by atoms with Gasteiger partial charge in [0.2, 0.25) is 0 Å². The molecule has 0 spiro atoms. The standard InChI is InChI=1S/C17H14N4O/c18-17(22)21(15-9-19-13-7-3-1-5-11(13)15)16-10-20-14-8-4-2-6-12(14)16/h1-10,19-20H,(H2,18,22). The van der Waals surface area contributed by atoms with Crippen LogP contribution >= 0.6 is 0 Å². The van der Waals surface area contributed by atoms with Gasteiger partial charge in [-0.25, -0.2) is 4.79 Å². The fraction of sp³-hybridized carbons (Fsp3) is 0. The Morgan fingerprint density at radius 3 is 1.73 bits per heavy atom. The van der Waals surface area contributed by atoms with Crippen LogP contribution in [0.3, 0.4) is 0 Å². The van der Waals surface area contributed by atoms with E-state index >= 15 is 0 Å². The Labute approximate surface area is 126 Å². The molecule has 2 heterocycles. The van der Waals surface area contributed by atoms with Crippen LogP contribution in [0, 0.1) is 0 Å². The van der Waals surface area contributed by atoms with Crippen molar-refractivity contribution < 1.29 is 4.79 Å². The van der Waals surface area contributed by atoms with Crippen LogP contribution in [0.5, 0.6) is 0 Å². The lowest BCUT2D eigenvalue weighted by atomic mass is 10.2. The molecule has 0 unspecified atom stereocenters. The number of urea groups is 1. The summed E-state index contributed by atoms with van der Waals surface area (Å²) in [5, 5.41) is 1.90. The highest BCUT2D eigenvalue weighted by Crippen LogP contribution is 2.36. The number of H-pyrrole nitrogens is 2. The predicted molar refractivity (Wildman–Crippen MR) is 88.3 cm³/mol. The lowest BCUT2D eigenvalue weighted by molar-refractivity contribution is 0.256. The number of benzene rings is 2. The first kappa shape index (κ1) is 12.5. The molecular weight excluding hydrogens is 276 g/mol. The summed E-state index contributed by atoms with van der Waals surface area (Å²) in [7, 11) is 0. The van der Waals surface area contributed by atoms with Gasteiger partial charge in [-0.15, -0.1) is 0 Å². The minimum absolute atomic E-state index is 0.519. The van der Waals surface area contributed by atoms with Crippen molar-refractivity contribution >= 4 is 39.2 Å². The Morgan fingerprint density at radius 1 is 0.818 bits per heavy atom. The predicted octanol–water partition coefficient (Wildman–Crippen LogP) is 3.87. The summed E-state index contributed by atoms with van der Waals surface area (Å²) in [6.07, 6.45) is 3.61. The molecule has 0 aliphatic rings. The van der Waals surface area contributed by atoms with Crippen molar-refractivity contribution in [2.75, 3.05) is 4.90 Å². The van der Waals surface area contributed by atoms with Gasteiger partial charge in [-0.05, 0) is 12.1 Å². The van der Waals surface area contributed by atoms with E-state index < -0.39 is 6.03 Å². The molecule has 108 valence electrons. The van der Waals surface area contributed by atoms with Crippen LogP contribution in [-0.2, 0) is 0 Å². The van der Waals surface area contributed by atoms with Crippen molar-refractivity contribution in [2.24, 2.45) is 5.73 Å². The molecule has 5 heteroatoms. The van der Waals surface area contributed by atoms with Crippen molar-refractivity contribution in [3.05, 3.63) is 60.9 Å². The van der Waals surface area contributed by atoms with Crippen LogP contribution in [0.15, 0.2) is 60.9 Å². The first-order chi connectivity index (χ1) is 10.8. The number of rotatable bonds is 2. The first-order valence-corrected chi connectivity index (χ1v) is 6.97. The van der Waals surface area contributed by atoms with Crippen molar-refractivity contribution in [3.63, 3.8) is 0 Å². The van der Waals surface area contributed by atoms with Gasteiger partial charge in [-0.2, -0.15) is 0 Å². The molecule has 5 nitrogen and oxygen atoms in total. The van der Waals surface area contributed by atoms with Crippen molar-refractivity contribution in [2.45, 2.75) is 0 Å². The average molecular weight is 290 g/mol. The van der Waals surface area contributed by atoms with E-state index in [4.69, 9.17) is 5.73 Å². The molecule has 4 aromatic rings. The smallest absolute Gasteiger partial charge is 0.324 e. The normalized spacial score (nSPS) is 11.1. The molecule has 4 N–H and O–H groups in total. The van der Waals surface area contributed by atoms with E-state index in [1.54, 1.807) is 12.4 Å². The van der Waals surface area contributed by atoms with Gasteiger partial charge in [-0.1, -0.05) is 36.4 Å². The number of para-hydroxylation sites is 2. The van der Waals surface area contributed by atoms with E-state index in [1.165, 1.54) is 4.90 Å². The Morgan fingerprint density at radius 2 is 1.27 bits per heavy atom. The van der Waals surface area contributed by atoms with Crippen LogP contribution in [0.4, 0.5) is 16.2 Å². The molecule has 0 atom stereocenters. The van der Waals surface area contributed by atoms with Gasteiger partial charge < -0.3 is 15.7 Å². The number of nitrogens with zero attached hydrogens (tertiary/aromatic N) is 1. The summed E-state index contributed by atoms with van der Waals surface area (Å²) in [6, 6.07) is 15.1. The summed E-state index contributed by atoms with van der Waals surface area (Å²) in [5.41, 5.74) is 9.07. The first-order valence-electron chi connectivity index (χ1n) is 6.97. The molecule has 0 saturated heterocycles. The number of anilines is 2. The molecule has 0 bridgehead atoms. The summed E-state index contributed by atoms with van der Waals surface area (Å²) >= 11 is 0.